The molecular weight excluding hydrogens is 233 g/mol. The van der Waals surface area contributed by atoms with Gasteiger partial charge in [0.25, 0.3) is 0 Å². The third kappa shape index (κ3) is 2.75. The lowest BCUT2D eigenvalue weighted by Crippen LogP contribution is -2.31. The molecule has 1 aromatic rings. The van der Waals surface area contributed by atoms with E-state index >= 15 is 0 Å². The smallest absolute Gasteiger partial charge is 0.223 e. The normalized spacial score (nSPS) is 19.3. The first-order valence-corrected chi connectivity index (χ1v) is 6.16. The van der Waals surface area contributed by atoms with Gasteiger partial charge in [0.15, 0.2) is 5.78 Å². The zero-order valence-electron chi connectivity index (χ0n) is 10.4. The Hall–Kier alpha value is -1.71. The monoisotopic (exact) mass is 249 g/mol. The maximum absolute atomic E-state index is 13.0. The van der Waals surface area contributed by atoms with Crippen LogP contribution in [0.5, 0.6) is 0 Å². The van der Waals surface area contributed by atoms with Crippen LogP contribution in [0.1, 0.15) is 30.1 Å². The van der Waals surface area contributed by atoms with Crippen molar-refractivity contribution in [2.45, 2.75) is 19.8 Å². The minimum Gasteiger partial charge on any atom is -0.335 e. The Balaban J connectivity index is 2.02. The molecule has 1 heterocycles. The number of nitrogens with zero attached hydrogens (tertiary/aromatic N) is 1. The van der Waals surface area contributed by atoms with E-state index in [0.717, 1.165) is 6.42 Å². The zero-order valence-corrected chi connectivity index (χ0v) is 10.4. The molecule has 1 atom stereocenters. The molecule has 0 bridgehead atoms. The number of rotatable bonds is 4. The molecule has 0 aromatic heterocycles. The second-order valence-corrected chi connectivity index (χ2v) is 4.69. The van der Waals surface area contributed by atoms with Crippen LogP contribution in [-0.4, -0.2) is 29.7 Å². The van der Waals surface area contributed by atoms with Gasteiger partial charge in [0, 0.05) is 18.5 Å². The summed E-state index contributed by atoms with van der Waals surface area (Å²) in [4.78, 5) is 25.2. The quantitative estimate of drug-likeness (QED) is 0.768. The first kappa shape index (κ1) is 12.7. The number of carbonyl (C=O) groups is 2. The highest BCUT2D eigenvalue weighted by atomic mass is 19.1. The molecule has 0 spiro atoms. The summed E-state index contributed by atoms with van der Waals surface area (Å²) >= 11 is 0. The molecule has 2 rings (SSSR count). The van der Waals surface area contributed by atoms with Gasteiger partial charge in [-0.2, -0.15) is 0 Å². The molecule has 1 amide bonds. The van der Waals surface area contributed by atoms with E-state index in [1.165, 1.54) is 18.2 Å². The Morgan fingerprint density at radius 1 is 1.50 bits per heavy atom. The summed E-state index contributed by atoms with van der Waals surface area (Å²) in [5, 5.41) is 0. The van der Waals surface area contributed by atoms with E-state index in [1.54, 1.807) is 11.0 Å². The third-order valence-electron chi connectivity index (χ3n) is 3.35. The predicted octanol–water partition coefficient (Wildman–Crippen LogP) is 2.27. The Morgan fingerprint density at radius 2 is 2.28 bits per heavy atom. The molecule has 3 nitrogen and oxygen atoms in total. The summed E-state index contributed by atoms with van der Waals surface area (Å²) in [6, 6.07) is 5.58. The lowest BCUT2D eigenvalue weighted by molar-refractivity contribution is -0.127. The fraction of sp³-hybridized carbons (Fsp3) is 0.429. The predicted molar refractivity (Wildman–Crippen MR) is 65.7 cm³/mol. The minimum absolute atomic E-state index is 0.0200. The lowest BCUT2D eigenvalue weighted by atomic mass is 10.1. The van der Waals surface area contributed by atoms with Crippen molar-refractivity contribution in [1.29, 1.82) is 0 Å². The molecular formula is C14H16FNO2. The molecule has 1 saturated heterocycles. The van der Waals surface area contributed by atoms with Crippen LogP contribution in [0.25, 0.3) is 0 Å². The molecule has 0 saturated carbocycles. The highest BCUT2D eigenvalue weighted by Crippen LogP contribution is 2.20. The molecule has 0 radical (unpaired) electrons. The maximum Gasteiger partial charge on any atom is 0.223 e. The van der Waals surface area contributed by atoms with Gasteiger partial charge in [0.2, 0.25) is 5.91 Å². The second-order valence-electron chi connectivity index (χ2n) is 4.69. The van der Waals surface area contributed by atoms with E-state index in [-0.39, 0.29) is 18.2 Å². The summed E-state index contributed by atoms with van der Waals surface area (Å²) in [7, 11) is 0. The molecule has 18 heavy (non-hydrogen) atoms. The van der Waals surface area contributed by atoms with Gasteiger partial charge in [-0.05, 0) is 18.1 Å². The van der Waals surface area contributed by atoms with Crippen molar-refractivity contribution in [2.75, 3.05) is 13.1 Å². The number of hydrogen-bond donors (Lipinski definition) is 0. The molecule has 1 unspecified atom stereocenters. The number of hydrogen-bond acceptors (Lipinski definition) is 2. The fourth-order valence-electron chi connectivity index (χ4n) is 2.21. The zero-order chi connectivity index (χ0) is 13.1. The number of carbonyl (C=O) groups excluding carboxylic acids is 2. The van der Waals surface area contributed by atoms with Crippen LogP contribution >= 0.6 is 0 Å². The van der Waals surface area contributed by atoms with Gasteiger partial charge in [-0.1, -0.05) is 25.5 Å². The Kier molecular flexibility index (Phi) is 3.75. The second kappa shape index (κ2) is 5.29. The van der Waals surface area contributed by atoms with Crippen LogP contribution in [-0.2, 0) is 4.79 Å². The van der Waals surface area contributed by atoms with Crippen molar-refractivity contribution < 1.29 is 14.0 Å². The average molecular weight is 249 g/mol. The highest BCUT2D eigenvalue weighted by Gasteiger charge is 2.29. The van der Waals surface area contributed by atoms with Gasteiger partial charge < -0.3 is 4.90 Å². The molecule has 1 fully saturated rings. The van der Waals surface area contributed by atoms with Crippen molar-refractivity contribution in [2.24, 2.45) is 5.92 Å². The van der Waals surface area contributed by atoms with Gasteiger partial charge in [-0.25, -0.2) is 4.39 Å². The SMILES string of the molecule is CCC1CC(=O)N(CC(=O)c2cccc(F)c2)C1. The van der Waals surface area contributed by atoms with Crippen molar-refractivity contribution in [3.63, 3.8) is 0 Å². The molecule has 1 aliphatic rings. The van der Waals surface area contributed by atoms with E-state index in [4.69, 9.17) is 0 Å². The molecule has 1 aromatic carbocycles. The summed E-state index contributed by atoms with van der Waals surface area (Å²) < 4.78 is 13.0. The van der Waals surface area contributed by atoms with E-state index < -0.39 is 5.82 Å². The summed E-state index contributed by atoms with van der Waals surface area (Å²) in [5.41, 5.74) is 0.322. The van der Waals surface area contributed by atoms with Crippen LogP contribution in [0, 0.1) is 11.7 Å². The van der Waals surface area contributed by atoms with Gasteiger partial charge in [0.05, 0.1) is 6.54 Å². The van der Waals surface area contributed by atoms with E-state index in [1.807, 2.05) is 6.92 Å². The van der Waals surface area contributed by atoms with Crippen molar-refractivity contribution in [1.82, 2.24) is 4.90 Å². The fourth-order valence-corrected chi connectivity index (χ4v) is 2.21. The Bertz CT molecular complexity index is 473. The van der Waals surface area contributed by atoms with E-state index in [2.05, 4.69) is 0 Å². The van der Waals surface area contributed by atoms with Crippen LogP contribution in [0.15, 0.2) is 24.3 Å². The first-order chi connectivity index (χ1) is 8.60. The minimum atomic E-state index is -0.431. The van der Waals surface area contributed by atoms with Crippen molar-refractivity contribution in [3.8, 4) is 0 Å². The summed E-state index contributed by atoms with van der Waals surface area (Å²) in [6.07, 6.45) is 1.46. The summed E-state index contributed by atoms with van der Waals surface area (Å²) in [6.45, 7) is 2.73. The molecule has 96 valence electrons. The van der Waals surface area contributed by atoms with Crippen LogP contribution in [0.3, 0.4) is 0 Å². The number of likely N-dealkylation sites (tertiary alicyclic amines) is 1. The molecule has 1 aliphatic heterocycles. The van der Waals surface area contributed by atoms with E-state index in [0.29, 0.717) is 24.4 Å². The van der Waals surface area contributed by atoms with Gasteiger partial charge in [0.1, 0.15) is 5.82 Å². The Labute approximate surface area is 106 Å². The first-order valence-electron chi connectivity index (χ1n) is 6.16. The lowest BCUT2D eigenvalue weighted by Gasteiger charge is -2.15. The largest absolute Gasteiger partial charge is 0.335 e. The number of halogens is 1. The average Bonchev–Trinajstić information content (AvgIpc) is 2.70. The maximum atomic E-state index is 13.0. The highest BCUT2D eigenvalue weighted by molar-refractivity contribution is 5.99. The standard InChI is InChI=1S/C14H16FNO2/c1-2-10-6-14(18)16(8-10)9-13(17)11-4-3-5-12(15)7-11/h3-5,7,10H,2,6,8-9H2,1H3. The third-order valence-corrected chi connectivity index (χ3v) is 3.35. The number of amides is 1. The number of benzene rings is 1. The topological polar surface area (TPSA) is 37.4 Å². The molecule has 0 N–H and O–H groups in total. The van der Waals surface area contributed by atoms with Gasteiger partial charge in [-0.3, -0.25) is 9.59 Å². The number of Topliss-reactive ketones (excluding diaryl/α,β-unsaturated/α-hetero) is 1. The van der Waals surface area contributed by atoms with E-state index in [9.17, 15) is 14.0 Å². The Morgan fingerprint density at radius 3 is 2.89 bits per heavy atom. The number of ketones is 1. The van der Waals surface area contributed by atoms with Crippen LogP contribution < -0.4 is 0 Å². The summed E-state index contributed by atoms with van der Waals surface area (Å²) in [5.74, 6) is -0.274. The molecule has 0 aliphatic carbocycles. The van der Waals surface area contributed by atoms with Crippen LogP contribution in [0.4, 0.5) is 4.39 Å². The van der Waals surface area contributed by atoms with Crippen LogP contribution in [0.2, 0.25) is 0 Å². The van der Waals surface area contributed by atoms with Gasteiger partial charge >= 0.3 is 0 Å². The van der Waals surface area contributed by atoms with Crippen molar-refractivity contribution in [3.05, 3.63) is 35.6 Å². The van der Waals surface area contributed by atoms with Gasteiger partial charge in [-0.15, -0.1) is 0 Å². The van der Waals surface area contributed by atoms with Crippen molar-refractivity contribution >= 4 is 11.7 Å². The molecule has 4 heteroatoms.